The average Bonchev–Trinajstić information content (AvgIpc) is 2.75. The lowest BCUT2D eigenvalue weighted by Gasteiger charge is -2.30. The lowest BCUT2D eigenvalue weighted by molar-refractivity contribution is 0.0262. The van der Waals surface area contributed by atoms with Crippen molar-refractivity contribution in [3.05, 3.63) is 34.9 Å². The Morgan fingerprint density at radius 2 is 2.12 bits per heavy atom. The van der Waals surface area contributed by atoms with Gasteiger partial charge in [0.2, 0.25) is 0 Å². The second-order valence-electron chi connectivity index (χ2n) is 4.81. The Kier molecular flexibility index (Phi) is 3.53. The van der Waals surface area contributed by atoms with E-state index in [1.165, 1.54) is 0 Å². The second kappa shape index (κ2) is 4.74. The third-order valence-electron chi connectivity index (χ3n) is 3.29. The van der Waals surface area contributed by atoms with Gasteiger partial charge in [0.1, 0.15) is 0 Å². The molecule has 0 amide bonds. The van der Waals surface area contributed by atoms with E-state index in [1.807, 2.05) is 31.2 Å². The molecule has 2 atom stereocenters. The zero-order chi connectivity index (χ0) is 11.6. The van der Waals surface area contributed by atoms with Gasteiger partial charge in [0.05, 0.1) is 5.60 Å². The molecule has 1 aliphatic rings. The number of halogens is 1. The van der Waals surface area contributed by atoms with Crippen LogP contribution in [0.5, 0.6) is 0 Å². The summed E-state index contributed by atoms with van der Waals surface area (Å²) >= 11 is 5.84. The minimum absolute atomic E-state index is 0.211. The van der Waals surface area contributed by atoms with Gasteiger partial charge in [0.25, 0.3) is 0 Å². The molecule has 88 valence electrons. The van der Waals surface area contributed by atoms with Gasteiger partial charge in [-0.3, -0.25) is 0 Å². The normalized spacial score (nSPS) is 24.3. The van der Waals surface area contributed by atoms with Crippen LogP contribution in [0, 0.1) is 0 Å². The van der Waals surface area contributed by atoms with Crippen molar-refractivity contribution >= 4 is 11.6 Å². The molecule has 0 aliphatic carbocycles. The van der Waals surface area contributed by atoms with E-state index in [0.717, 1.165) is 30.0 Å². The summed E-state index contributed by atoms with van der Waals surface area (Å²) in [6.45, 7) is 2.92. The second-order valence-corrected chi connectivity index (χ2v) is 5.25. The van der Waals surface area contributed by atoms with Gasteiger partial charge < -0.3 is 10.4 Å². The predicted octanol–water partition coefficient (Wildman–Crippen LogP) is 2.39. The Bertz CT molecular complexity index is 341. The first kappa shape index (κ1) is 11.9. The van der Waals surface area contributed by atoms with E-state index in [1.54, 1.807) is 0 Å². The molecule has 2 unspecified atom stereocenters. The molecule has 0 aromatic heterocycles. The zero-order valence-electron chi connectivity index (χ0n) is 9.54. The summed E-state index contributed by atoms with van der Waals surface area (Å²) in [6.07, 6.45) is 2.88. The van der Waals surface area contributed by atoms with Gasteiger partial charge >= 0.3 is 0 Å². The molecule has 0 bridgehead atoms. The van der Waals surface area contributed by atoms with Crippen molar-refractivity contribution in [2.45, 2.75) is 37.8 Å². The van der Waals surface area contributed by atoms with Crippen LogP contribution in [-0.4, -0.2) is 23.3 Å². The van der Waals surface area contributed by atoms with E-state index in [2.05, 4.69) is 5.32 Å². The van der Waals surface area contributed by atoms with Crippen LogP contribution in [0.2, 0.25) is 5.02 Å². The van der Waals surface area contributed by atoms with E-state index in [0.29, 0.717) is 6.42 Å². The van der Waals surface area contributed by atoms with Crippen LogP contribution in [0.3, 0.4) is 0 Å². The van der Waals surface area contributed by atoms with Gasteiger partial charge in [0.15, 0.2) is 0 Å². The smallest absolute Gasteiger partial charge is 0.0812 e. The highest BCUT2D eigenvalue weighted by Gasteiger charge is 2.33. The largest absolute Gasteiger partial charge is 0.388 e. The first-order valence-electron chi connectivity index (χ1n) is 5.78. The fraction of sp³-hybridized carbons (Fsp3) is 0.538. The molecule has 0 radical (unpaired) electrons. The third kappa shape index (κ3) is 2.76. The molecular weight excluding hydrogens is 222 g/mol. The lowest BCUT2D eigenvalue weighted by Crippen LogP contribution is -2.46. The van der Waals surface area contributed by atoms with Gasteiger partial charge in [-0.15, -0.1) is 0 Å². The quantitative estimate of drug-likeness (QED) is 0.849. The van der Waals surface area contributed by atoms with Gasteiger partial charge in [0, 0.05) is 17.5 Å². The topological polar surface area (TPSA) is 32.3 Å². The van der Waals surface area contributed by atoms with Crippen LogP contribution in [0.1, 0.15) is 25.3 Å². The molecule has 1 aromatic rings. The zero-order valence-corrected chi connectivity index (χ0v) is 10.3. The minimum atomic E-state index is -0.676. The Labute approximate surface area is 102 Å². The maximum Gasteiger partial charge on any atom is 0.0812 e. The van der Waals surface area contributed by atoms with Crippen molar-refractivity contribution in [3.8, 4) is 0 Å². The first-order chi connectivity index (χ1) is 7.58. The molecule has 1 saturated heterocycles. The van der Waals surface area contributed by atoms with Crippen molar-refractivity contribution in [1.29, 1.82) is 0 Å². The molecule has 2 nitrogen and oxygen atoms in total. The maximum absolute atomic E-state index is 10.4. The monoisotopic (exact) mass is 239 g/mol. The molecule has 0 spiro atoms. The number of nitrogens with one attached hydrogen (secondary N) is 1. The molecule has 2 rings (SSSR count). The van der Waals surface area contributed by atoms with Crippen LogP contribution < -0.4 is 5.32 Å². The number of hydrogen-bond acceptors (Lipinski definition) is 2. The molecule has 1 aromatic carbocycles. The molecule has 1 heterocycles. The predicted molar refractivity (Wildman–Crippen MR) is 66.8 cm³/mol. The van der Waals surface area contributed by atoms with Crippen molar-refractivity contribution in [1.82, 2.24) is 5.32 Å². The Balaban J connectivity index is 2.04. The Hall–Kier alpha value is -0.570. The highest BCUT2D eigenvalue weighted by molar-refractivity contribution is 6.30. The highest BCUT2D eigenvalue weighted by atomic mass is 35.5. The molecule has 1 fully saturated rings. The molecule has 3 heteroatoms. The first-order valence-corrected chi connectivity index (χ1v) is 6.16. The van der Waals surface area contributed by atoms with Gasteiger partial charge in [-0.05, 0) is 44.0 Å². The number of benzene rings is 1. The average molecular weight is 240 g/mol. The maximum atomic E-state index is 10.4. The minimum Gasteiger partial charge on any atom is -0.388 e. The van der Waals surface area contributed by atoms with Crippen LogP contribution in [0.25, 0.3) is 0 Å². The summed E-state index contributed by atoms with van der Waals surface area (Å²) in [4.78, 5) is 0. The summed E-state index contributed by atoms with van der Waals surface area (Å²) in [7, 11) is 0. The summed E-state index contributed by atoms with van der Waals surface area (Å²) in [6, 6.07) is 7.91. The lowest BCUT2D eigenvalue weighted by atomic mass is 9.88. The van der Waals surface area contributed by atoms with Gasteiger partial charge in [-0.1, -0.05) is 23.7 Å². The number of rotatable bonds is 3. The number of hydrogen-bond donors (Lipinski definition) is 2. The fourth-order valence-electron chi connectivity index (χ4n) is 2.35. The van der Waals surface area contributed by atoms with E-state index in [-0.39, 0.29) is 6.04 Å². The van der Waals surface area contributed by atoms with Crippen molar-refractivity contribution in [2.75, 3.05) is 6.54 Å². The fourth-order valence-corrected chi connectivity index (χ4v) is 2.48. The van der Waals surface area contributed by atoms with Gasteiger partial charge in [-0.25, -0.2) is 0 Å². The molecule has 2 N–H and O–H groups in total. The summed E-state index contributed by atoms with van der Waals surface area (Å²) in [5, 5.41) is 14.5. The van der Waals surface area contributed by atoms with E-state index in [9.17, 15) is 5.11 Å². The Morgan fingerprint density at radius 1 is 1.44 bits per heavy atom. The van der Waals surface area contributed by atoms with Crippen molar-refractivity contribution in [2.24, 2.45) is 0 Å². The van der Waals surface area contributed by atoms with Crippen molar-refractivity contribution < 1.29 is 5.11 Å². The molecular formula is C13H18ClNO. The molecule has 16 heavy (non-hydrogen) atoms. The van der Waals surface area contributed by atoms with Crippen LogP contribution in [0.15, 0.2) is 24.3 Å². The summed E-state index contributed by atoms with van der Waals surface area (Å²) in [5.74, 6) is 0. The SMILES string of the molecule is CC(O)(Cc1ccc(Cl)cc1)C1CCCN1. The van der Waals surface area contributed by atoms with Gasteiger partial charge in [-0.2, -0.15) is 0 Å². The van der Waals surface area contributed by atoms with E-state index < -0.39 is 5.60 Å². The standard InChI is InChI=1S/C13H18ClNO/c1-13(16,12-3-2-8-15-12)9-10-4-6-11(14)7-5-10/h4-7,12,15-16H,2-3,8-9H2,1H3. The summed E-state index contributed by atoms with van der Waals surface area (Å²) < 4.78 is 0. The van der Waals surface area contributed by atoms with Crippen LogP contribution in [-0.2, 0) is 6.42 Å². The third-order valence-corrected chi connectivity index (χ3v) is 3.54. The Morgan fingerprint density at radius 3 is 2.69 bits per heavy atom. The van der Waals surface area contributed by atoms with E-state index >= 15 is 0 Å². The molecule has 0 saturated carbocycles. The van der Waals surface area contributed by atoms with Crippen molar-refractivity contribution in [3.63, 3.8) is 0 Å². The van der Waals surface area contributed by atoms with E-state index in [4.69, 9.17) is 11.6 Å². The highest BCUT2D eigenvalue weighted by Crippen LogP contribution is 2.23. The van der Waals surface area contributed by atoms with Crippen LogP contribution >= 0.6 is 11.6 Å². The number of aliphatic hydroxyl groups is 1. The molecule has 1 aliphatic heterocycles. The van der Waals surface area contributed by atoms with Crippen LogP contribution in [0.4, 0.5) is 0 Å². The summed E-state index contributed by atoms with van der Waals surface area (Å²) in [5.41, 5.74) is 0.452.